The Balaban J connectivity index is 1.51. The molecule has 2 N–H and O–H groups in total. The molecular weight excluding hydrogens is 204 g/mol. The van der Waals surface area contributed by atoms with Gasteiger partial charge < -0.3 is 15.4 Å². The molecule has 1 heterocycles. The number of hydrogen-bond acceptors (Lipinski definition) is 2. The molecule has 1 unspecified atom stereocenters. The number of rotatable bonds is 4. The average Bonchev–Trinajstić information content (AvgIpc) is 2.25. The fourth-order valence-corrected chi connectivity index (χ4v) is 2.17. The minimum absolute atomic E-state index is 0.0134. The van der Waals surface area contributed by atoms with E-state index in [9.17, 15) is 4.79 Å². The largest absolute Gasteiger partial charge is 0.378 e. The Labute approximate surface area is 97.1 Å². The van der Waals surface area contributed by atoms with E-state index in [1.165, 1.54) is 19.3 Å². The van der Waals surface area contributed by atoms with Crippen molar-refractivity contribution in [1.82, 2.24) is 10.6 Å². The van der Waals surface area contributed by atoms with Crippen LogP contribution in [0.5, 0.6) is 0 Å². The number of urea groups is 1. The molecule has 1 saturated carbocycles. The van der Waals surface area contributed by atoms with Gasteiger partial charge >= 0.3 is 6.03 Å². The van der Waals surface area contributed by atoms with Gasteiger partial charge in [-0.25, -0.2) is 4.79 Å². The highest BCUT2D eigenvalue weighted by Crippen LogP contribution is 2.17. The van der Waals surface area contributed by atoms with Gasteiger partial charge in [0.05, 0.1) is 6.10 Å². The summed E-state index contributed by atoms with van der Waals surface area (Å²) in [5.41, 5.74) is 0. The summed E-state index contributed by atoms with van der Waals surface area (Å²) in [7, 11) is 0. The molecule has 0 spiro atoms. The highest BCUT2D eigenvalue weighted by molar-refractivity contribution is 5.74. The predicted molar refractivity (Wildman–Crippen MR) is 62.4 cm³/mol. The zero-order valence-electron chi connectivity index (χ0n) is 9.84. The summed E-state index contributed by atoms with van der Waals surface area (Å²) < 4.78 is 5.60. The second-order valence-corrected chi connectivity index (χ2v) is 4.81. The monoisotopic (exact) mass is 226 g/mol. The second-order valence-electron chi connectivity index (χ2n) is 4.81. The van der Waals surface area contributed by atoms with Gasteiger partial charge in [0.15, 0.2) is 0 Å². The van der Waals surface area contributed by atoms with E-state index >= 15 is 0 Å². The SMILES string of the molecule is O=C(NCCC1CCCCO1)NC1CCC1. The number of ether oxygens (including phenoxy) is 1. The average molecular weight is 226 g/mol. The van der Waals surface area contributed by atoms with Gasteiger partial charge in [-0.1, -0.05) is 0 Å². The molecule has 16 heavy (non-hydrogen) atoms. The first-order chi connectivity index (χ1) is 7.84. The first-order valence-corrected chi connectivity index (χ1v) is 6.50. The molecule has 0 aromatic rings. The van der Waals surface area contributed by atoms with Crippen molar-refractivity contribution in [2.75, 3.05) is 13.2 Å². The summed E-state index contributed by atoms with van der Waals surface area (Å²) in [6.07, 6.45) is 8.42. The molecule has 1 aliphatic carbocycles. The lowest BCUT2D eigenvalue weighted by atomic mass is 9.93. The molecule has 2 fully saturated rings. The fraction of sp³-hybridized carbons (Fsp3) is 0.917. The van der Waals surface area contributed by atoms with Crippen LogP contribution in [0.15, 0.2) is 0 Å². The molecule has 0 aromatic carbocycles. The molecule has 0 bridgehead atoms. The lowest BCUT2D eigenvalue weighted by Gasteiger charge is -2.27. The first kappa shape index (κ1) is 11.7. The van der Waals surface area contributed by atoms with Crippen molar-refractivity contribution in [3.8, 4) is 0 Å². The molecule has 1 aliphatic heterocycles. The van der Waals surface area contributed by atoms with Gasteiger partial charge in [-0.2, -0.15) is 0 Å². The van der Waals surface area contributed by atoms with Crippen LogP contribution in [0.1, 0.15) is 44.9 Å². The van der Waals surface area contributed by atoms with E-state index in [4.69, 9.17) is 4.74 Å². The number of amides is 2. The lowest BCUT2D eigenvalue weighted by molar-refractivity contribution is 0.0120. The van der Waals surface area contributed by atoms with E-state index in [1.54, 1.807) is 0 Å². The normalized spacial score (nSPS) is 25.9. The molecule has 1 atom stereocenters. The van der Waals surface area contributed by atoms with Crippen molar-refractivity contribution in [2.45, 2.75) is 57.1 Å². The van der Waals surface area contributed by atoms with Crippen LogP contribution in [0, 0.1) is 0 Å². The molecular formula is C12H22N2O2. The summed E-state index contributed by atoms with van der Waals surface area (Å²) in [4.78, 5) is 11.4. The highest BCUT2D eigenvalue weighted by Gasteiger charge is 2.19. The molecule has 92 valence electrons. The van der Waals surface area contributed by atoms with Crippen molar-refractivity contribution >= 4 is 6.03 Å². The minimum atomic E-state index is -0.0134. The Hall–Kier alpha value is -0.770. The molecule has 2 amide bonds. The van der Waals surface area contributed by atoms with Crippen molar-refractivity contribution in [1.29, 1.82) is 0 Å². The standard InChI is InChI=1S/C12H22N2O2/c15-12(14-10-4-3-5-10)13-8-7-11-6-1-2-9-16-11/h10-11H,1-9H2,(H2,13,14,15). The summed E-state index contributed by atoms with van der Waals surface area (Å²) in [6, 6.07) is 0.409. The molecule has 4 nitrogen and oxygen atoms in total. The van der Waals surface area contributed by atoms with Crippen LogP contribution < -0.4 is 10.6 Å². The molecule has 1 saturated heterocycles. The Morgan fingerprint density at radius 2 is 2.06 bits per heavy atom. The van der Waals surface area contributed by atoms with Gasteiger partial charge in [-0.05, 0) is 44.9 Å². The van der Waals surface area contributed by atoms with Gasteiger partial charge in [0.25, 0.3) is 0 Å². The van der Waals surface area contributed by atoms with E-state index in [-0.39, 0.29) is 6.03 Å². The third kappa shape index (κ3) is 3.67. The maximum Gasteiger partial charge on any atom is 0.315 e. The van der Waals surface area contributed by atoms with E-state index in [1.807, 2.05) is 0 Å². The lowest BCUT2D eigenvalue weighted by Crippen LogP contribution is -2.45. The predicted octanol–water partition coefficient (Wildman–Crippen LogP) is 1.80. The summed E-state index contributed by atoms with van der Waals surface area (Å²) in [5, 5.41) is 5.86. The van der Waals surface area contributed by atoms with Gasteiger partial charge in [0, 0.05) is 19.2 Å². The van der Waals surface area contributed by atoms with Gasteiger partial charge in [-0.15, -0.1) is 0 Å². The maximum absolute atomic E-state index is 11.4. The van der Waals surface area contributed by atoms with Crippen LogP contribution in [0.4, 0.5) is 4.79 Å². The van der Waals surface area contributed by atoms with Gasteiger partial charge in [0.2, 0.25) is 0 Å². The van der Waals surface area contributed by atoms with Crippen molar-refractivity contribution in [3.05, 3.63) is 0 Å². The van der Waals surface area contributed by atoms with E-state index in [2.05, 4.69) is 10.6 Å². The Bertz CT molecular complexity index is 223. The molecule has 0 aromatic heterocycles. The Morgan fingerprint density at radius 3 is 2.69 bits per heavy atom. The van der Waals surface area contributed by atoms with E-state index in [0.717, 1.165) is 38.8 Å². The summed E-state index contributed by atoms with van der Waals surface area (Å²) in [6.45, 7) is 1.61. The van der Waals surface area contributed by atoms with Gasteiger partial charge in [-0.3, -0.25) is 0 Å². The van der Waals surface area contributed by atoms with Crippen LogP contribution in [-0.2, 0) is 4.74 Å². The van der Waals surface area contributed by atoms with Gasteiger partial charge in [0.1, 0.15) is 0 Å². The van der Waals surface area contributed by atoms with Crippen molar-refractivity contribution < 1.29 is 9.53 Å². The van der Waals surface area contributed by atoms with Crippen LogP contribution >= 0.6 is 0 Å². The van der Waals surface area contributed by atoms with Crippen LogP contribution in [0.2, 0.25) is 0 Å². The molecule has 2 aliphatic rings. The third-order valence-electron chi connectivity index (χ3n) is 3.47. The Morgan fingerprint density at radius 1 is 1.19 bits per heavy atom. The highest BCUT2D eigenvalue weighted by atomic mass is 16.5. The summed E-state index contributed by atoms with van der Waals surface area (Å²) in [5.74, 6) is 0. The van der Waals surface area contributed by atoms with Crippen molar-refractivity contribution in [2.24, 2.45) is 0 Å². The maximum atomic E-state index is 11.4. The topological polar surface area (TPSA) is 50.4 Å². The quantitative estimate of drug-likeness (QED) is 0.768. The van der Waals surface area contributed by atoms with E-state index < -0.39 is 0 Å². The zero-order chi connectivity index (χ0) is 11.2. The molecule has 2 rings (SSSR count). The zero-order valence-corrected chi connectivity index (χ0v) is 9.84. The van der Waals surface area contributed by atoms with E-state index in [0.29, 0.717) is 12.1 Å². The number of carbonyl (C=O) groups excluding carboxylic acids is 1. The number of nitrogens with one attached hydrogen (secondary N) is 2. The van der Waals surface area contributed by atoms with Crippen molar-refractivity contribution in [3.63, 3.8) is 0 Å². The fourth-order valence-electron chi connectivity index (χ4n) is 2.17. The molecule has 0 radical (unpaired) electrons. The molecule has 4 heteroatoms. The number of hydrogen-bond donors (Lipinski definition) is 2. The van der Waals surface area contributed by atoms with Crippen LogP contribution in [0.25, 0.3) is 0 Å². The summed E-state index contributed by atoms with van der Waals surface area (Å²) >= 11 is 0. The smallest absolute Gasteiger partial charge is 0.315 e. The second kappa shape index (κ2) is 6.09. The first-order valence-electron chi connectivity index (χ1n) is 6.50. The number of carbonyl (C=O) groups is 1. The third-order valence-corrected chi connectivity index (χ3v) is 3.47. The minimum Gasteiger partial charge on any atom is -0.378 e. The Kier molecular flexibility index (Phi) is 4.45. The van der Waals surface area contributed by atoms with Crippen LogP contribution in [-0.4, -0.2) is 31.3 Å². The van der Waals surface area contributed by atoms with Crippen LogP contribution in [0.3, 0.4) is 0 Å².